The van der Waals surface area contributed by atoms with Crippen molar-refractivity contribution >= 4 is 21.6 Å². The quantitative estimate of drug-likeness (QED) is 0.639. The minimum atomic E-state index is -3.08. The van der Waals surface area contributed by atoms with Gasteiger partial charge in [-0.1, -0.05) is 6.92 Å². The summed E-state index contributed by atoms with van der Waals surface area (Å²) in [6.45, 7) is 3.12. The predicted octanol–water partition coefficient (Wildman–Crippen LogP) is 1.29. The van der Waals surface area contributed by atoms with Crippen LogP contribution >= 0.6 is 11.6 Å². The van der Waals surface area contributed by atoms with Crippen LogP contribution in [0.3, 0.4) is 0 Å². The first-order valence-corrected chi connectivity index (χ1v) is 6.78. The first-order valence-electron chi connectivity index (χ1n) is 4.64. The summed E-state index contributed by atoms with van der Waals surface area (Å²) in [6, 6.07) is 0. The number of rotatable bonds is 6. The second-order valence-electron chi connectivity index (χ2n) is 3.40. The van der Waals surface area contributed by atoms with Gasteiger partial charge < -0.3 is 0 Å². The molecule has 1 rings (SSSR count). The van der Waals surface area contributed by atoms with Crippen molar-refractivity contribution in [1.82, 2.24) is 4.31 Å². The van der Waals surface area contributed by atoms with E-state index in [1.165, 1.54) is 12.8 Å². The molecule has 0 atom stereocenters. The highest BCUT2D eigenvalue weighted by molar-refractivity contribution is 7.89. The van der Waals surface area contributed by atoms with Crippen LogP contribution < -0.4 is 0 Å². The fourth-order valence-electron chi connectivity index (χ4n) is 1.25. The maximum atomic E-state index is 11.6. The number of nitrogens with zero attached hydrogens (tertiary/aromatic N) is 1. The lowest BCUT2D eigenvalue weighted by atomic mass is 10.4. The first-order chi connectivity index (χ1) is 6.10. The van der Waals surface area contributed by atoms with E-state index in [-0.39, 0.29) is 11.6 Å². The second-order valence-corrected chi connectivity index (χ2v) is 5.87. The highest BCUT2D eigenvalue weighted by Crippen LogP contribution is 2.30. The van der Waals surface area contributed by atoms with Gasteiger partial charge in [-0.3, -0.25) is 0 Å². The Morgan fingerprint density at radius 1 is 1.46 bits per heavy atom. The van der Waals surface area contributed by atoms with E-state index in [0.29, 0.717) is 19.0 Å². The van der Waals surface area contributed by atoms with Crippen molar-refractivity contribution in [3.05, 3.63) is 0 Å². The molecule has 0 heterocycles. The molecule has 1 fully saturated rings. The molecule has 0 bridgehead atoms. The van der Waals surface area contributed by atoms with E-state index in [4.69, 9.17) is 11.6 Å². The van der Waals surface area contributed by atoms with Crippen LogP contribution in [0.25, 0.3) is 0 Å². The summed E-state index contributed by atoms with van der Waals surface area (Å²) in [4.78, 5) is 0. The molecule has 0 N–H and O–H groups in total. The van der Waals surface area contributed by atoms with Crippen molar-refractivity contribution in [2.75, 3.05) is 24.7 Å². The number of hydrogen-bond acceptors (Lipinski definition) is 2. The monoisotopic (exact) mass is 225 g/mol. The molecule has 1 aliphatic carbocycles. The van der Waals surface area contributed by atoms with Crippen LogP contribution in [0.15, 0.2) is 0 Å². The van der Waals surface area contributed by atoms with Gasteiger partial charge in [0, 0.05) is 19.0 Å². The Hall–Kier alpha value is 0.200. The summed E-state index contributed by atoms with van der Waals surface area (Å²) in [5, 5.41) is 0. The van der Waals surface area contributed by atoms with Crippen LogP contribution in [0.2, 0.25) is 0 Å². The normalized spacial score (nSPS) is 18.1. The van der Waals surface area contributed by atoms with Gasteiger partial charge in [-0.2, -0.15) is 0 Å². The minimum absolute atomic E-state index is 0.0646. The van der Waals surface area contributed by atoms with Crippen LogP contribution in [0.4, 0.5) is 0 Å². The maximum Gasteiger partial charge on any atom is 0.215 e. The van der Waals surface area contributed by atoms with E-state index in [1.807, 2.05) is 6.92 Å². The van der Waals surface area contributed by atoms with Crippen LogP contribution in [-0.2, 0) is 10.0 Å². The van der Waals surface area contributed by atoms with Crippen LogP contribution in [-0.4, -0.2) is 37.4 Å². The van der Waals surface area contributed by atoms with E-state index in [2.05, 4.69) is 0 Å². The van der Waals surface area contributed by atoms with Gasteiger partial charge in [0.05, 0.1) is 5.75 Å². The predicted molar refractivity (Wildman–Crippen MR) is 54.5 cm³/mol. The summed E-state index contributed by atoms with van der Waals surface area (Å²) in [5.41, 5.74) is 0. The lowest BCUT2D eigenvalue weighted by Crippen LogP contribution is -2.35. The third-order valence-corrected chi connectivity index (χ3v) is 4.57. The maximum absolute atomic E-state index is 11.6. The smallest absolute Gasteiger partial charge is 0.212 e. The molecule has 78 valence electrons. The van der Waals surface area contributed by atoms with Crippen molar-refractivity contribution in [3.8, 4) is 0 Å². The molecule has 0 aromatic rings. The summed E-state index contributed by atoms with van der Waals surface area (Å²) in [5.74, 6) is 0.851. The fraction of sp³-hybridized carbons (Fsp3) is 1.00. The van der Waals surface area contributed by atoms with Gasteiger partial charge >= 0.3 is 0 Å². The van der Waals surface area contributed by atoms with Crippen LogP contribution in [0.5, 0.6) is 0 Å². The summed E-state index contributed by atoms with van der Waals surface area (Å²) in [7, 11) is -3.08. The van der Waals surface area contributed by atoms with Crippen molar-refractivity contribution in [2.45, 2.75) is 19.8 Å². The third kappa shape index (κ3) is 3.44. The van der Waals surface area contributed by atoms with E-state index in [1.54, 1.807) is 4.31 Å². The van der Waals surface area contributed by atoms with Crippen molar-refractivity contribution in [3.63, 3.8) is 0 Å². The van der Waals surface area contributed by atoms with Gasteiger partial charge in [0.25, 0.3) is 0 Å². The lowest BCUT2D eigenvalue weighted by molar-refractivity contribution is 0.413. The molecule has 5 heteroatoms. The molecular weight excluding hydrogens is 210 g/mol. The highest BCUT2D eigenvalue weighted by Gasteiger charge is 2.28. The van der Waals surface area contributed by atoms with E-state index < -0.39 is 10.0 Å². The van der Waals surface area contributed by atoms with Crippen molar-refractivity contribution < 1.29 is 8.42 Å². The Balaban J connectivity index is 2.52. The first kappa shape index (κ1) is 11.3. The van der Waals surface area contributed by atoms with E-state index in [9.17, 15) is 8.42 Å². The topological polar surface area (TPSA) is 37.4 Å². The summed E-state index contributed by atoms with van der Waals surface area (Å²) in [6.07, 6.45) is 2.35. The Morgan fingerprint density at radius 3 is 2.46 bits per heavy atom. The van der Waals surface area contributed by atoms with Gasteiger partial charge in [-0.15, -0.1) is 11.6 Å². The molecule has 0 radical (unpaired) electrons. The molecule has 0 aromatic heterocycles. The minimum Gasteiger partial charge on any atom is -0.212 e. The average molecular weight is 226 g/mol. The lowest BCUT2D eigenvalue weighted by Gasteiger charge is -2.19. The zero-order chi connectivity index (χ0) is 9.90. The van der Waals surface area contributed by atoms with Gasteiger partial charge in [0.2, 0.25) is 10.0 Å². The molecule has 3 nitrogen and oxygen atoms in total. The molecule has 0 aliphatic heterocycles. The molecule has 0 aromatic carbocycles. The van der Waals surface area contributed by atoms with Gasteiger partial charge in [-0.05, 0) is 18.8 Å². The Labute approximate surface area is 85.1 Å². The van der Waals surface area contributed by atoms with Crippen molar-refractivity contribution in [1.29, 1.82) is 0 Å². The average Bonchev–Trinajstić information content (AvgIpc) is 2.82. The van der Waals surface area contributed by atoms with Crippen LogP contribution in [0.1, 0.15) is 19.8 Å². The fourth-order valence-corrected chi connectivity index (χ4v) is 3.12. The Morgan fingerprint density at radius 2 is 2.08 bits per heavy atom. The van der Waals surface area contributed by atoms with E-state index >= 15 is 0 Å². The summed E-state index contributed by atoms with van der Waals surface area (Å²) >= 11 is 5.43. The third-order valence-electron chi connectivity index (χ3n) is 2.24. The van der Waals surface area contributed by atoms with Gasteiger partial charge in [0.1, 0.15) is 0 Å². The second kappa shape index (κ2) is 4.62. The van der Waals surface area contributed by atoms with Crippen molar-refractivity contribution in [2.24, 2.45) is 5.92 Å². The molecule has 0 saturated heterocycles. The van der Waals surface area contributed by atoms with E-state index in [0.717, 1.165) is 0 Å². The Bertz CT molecular complexity index is 249. The molecule has 0 spiro atoms. The number of sulfonamides is 1. The van der Waals surface area contributed by atoms with Crippen LogP contribution in [0, 0.1) is 5.92 Å². The molecule has 0 amide bonds. The standard InChI is InChI=1S/C8H16ClNO2S/c1-2-10(7-8-3-4-8)13(11,12)6-5-9/h8H,2-7H2,1H3. The van der Waals surface area contributed by atoms with Gasteiger partial charge in [0.15, 0.2) is 0 Å². The highest BCUT2D eigenvalue weighted by atomic mass is 35.5. The zero-order valence-corrected chi connectivity index (χ0v) is 9.44. The number of hydrogen-bond donors (Lipinski definition) is 0. The molecule has 1 aliphatic rings. The molecule has 13 heavy (non-hydrogen) atoms. The molecule has 0 unspecified atom stereocenters. The number of alkyl halides is 1. The molecule has 1 saturated carbocycles. The number of halogens is 1. The summed E-state index contributed by atoms with van der Waals surface area (Å²) < 4.78 is 24.7. The SMILES string of the molecule is CCN(CC1CC1)S(=O)(=O)CCCl. The zero-order valence-electron chi connectivity index (χ0n) is 7.87. The Kier molecular flexibility index (Phi) is 4.01. The molecular formula is C8H16ClNO2S. The van der Waals surface area contributed by atoms with Gasteiger partial charge in [-0.25, -0.2) is 12.7 Å². The largest absolute Gasteiger partial charge is 0.215 e.